The van der Waals surface area contributed by atoms with Crippen LogP contribution in [0.5, 0.6) is 0 Å². The molecule has 0 saturated carbocycles. The maximum absolute atomic E-state index is 13.9. The molecule has 2 aromatic heterocycles. The lowest BCUT2D eigenvalue weighted by molar-refractivity contribution is -0.138. The molecule has 0 aliphatic rings. The summed E-state index contributed by atoms with van der Waals surface area (Å²) >= 11 is 0. The van der Waals surface area contributed by atoms with Crippen molar-refractivity contribution in [3.8, 4) is 11.1 Å². The summed E-state index contributed by atoms with van der Waals surface area (Å²) in [4.78, 5) is 20.7. The molecule has 0 bridgehead atoms. The Labute approximate surface area is 176 Å². The van der Waals surface area contributed by atoms with Crippen molar-refractivity contribution in [2.24, 2.45) is 0 Å². The van der Waals surface area contributed by atoms with Crippen LogP contribution >= 0.6 is 0 Å². The average molecular weight is 421 g/mol. The number of aromatic nitrogens is 2. The van der Waals surface area contributed by atoms with Crippen LogP contribution in [0.2, 0.25) is 0 Å². The Morgan fingerprint density at radius 3 is 2.48 bits per heavy atom. The molecule has 1 amide bonds. The minimum atomic E-state index is -4.62. The fraction of sp³-hybridized carbons (Fsp3) is 0.125. The lowest BCUT2D eigenvalue weighted by Gasteiger charge is -2.17. The summed E-state index contributed by atoms with van der Waals surface area (Å²) in [5.41, 5.74) is 1.27. The van der Waals surface area contributed by atoms with E-state index in [9.17, 15) is 18.0 Å². The van der Waals surface area contributed by atoms with Crippen molar-refractivity contribution in [1.29, 1.82) is 0 Å². The SMILES string of the molecule is Cc1ccc(-c2ccnc(CNC(=O)c3ccc4cccnc4c3)c2C(F)(F)F)cc1. The number of hydrogen-bond donors (Lipinski definition) is 1. The van der Waals surface area contributed by atoms with Crippen LogP contribution in [-0.4, -0.2) is 15.9 Å². The maximum atomic E-state index is 13.9. The molecule has 2 aromatic carbocycles. The van der Waals surface area contributed by atoms with E-state index in [1.165, 1.54) is 12.3 Å². The number of aryl methyl sites for hydroxylation is 1. The molecule has 4 rings (SSSR count). The van der Waals surface area contributed by atoms with Gasteiger partial charge in [-0.05, 0) is 42.3 Å². The molecule has 2 heterocycles. The van der Waals surface area contributed by atoms with Gasteiger partial charge in [0.15, 0.2) is 0 Å². The van der Waals surface area contributed by atoms with Gasteiger partial charge in [0.1, 0.15) is 0 Å². The Morgan fingerprint density at radius 1 is 0.968 bits per heavy atom. The zero-order chi connectivity index (χ0) is 22.0. The highest BCUT2D eigenvalue weighted by Crippen LogP contribution is 2.38. The van der Waals surface area contributed by atoms with E-state index in [-0.39, 0.29) is 17.8 Å². The van der Waals surface area contributed by atoms with Crippen LogP contribution in [-0.2, 0) is 12.7 Å². The van der Waals surface area contributed by atoms with Crippen molar-refractivity contribution >= 4 is 16.8 Å². The number of nitrogens with zero attached hydrogens (tertiary/aromatic N) is 2. The third-order valence-electron chi connectivity index (χ3n) is 4.96. The van der Waals surface area contributed by atoms with Crippen LogP contribution in [0.15, 0.2) is 73.1 Å². The van der Waals surface area contributed by atoms with Gasteiger partial charge in [-0.1, -0.05) is 42.0 Å². The van der Waals surface area contributed by atoms with E-state index in [0.717, 1.165) is 10.9 Å². The fourth-order valence-corrected chi connectivity index (χ4v) is 3.40. The predicted molar refractivity (Wildman–Crippen MR) is 112 cm³/mol. The lowest BCUT2D eigenvalue weighted by Crippen LogP contribution is -2.25. The molecule has 0 saturated heterocycles. The molecule has 4 aromatic rings. The molecule has 0 unspecified atom stereocenters. The highest BCUT2D eigenvalue weighted by Gasteiger charge is 2.37. The largest absolute Gasteiger partial charge is 0.418 e. The quantitative estimate of drug-likeness (QED) is 0.470. The zero-order valence-electron chi connectivity index (χ0n) is 16.6. The third kappa shape index (κ3) is 4.40. The summed E-state index contributed by atoms with van der Waals surface area (Å²) in [6.07, 6.45) is -1.69. The number of rotatable bonds is 4. The molecule has 0 spiro atoms. The van der Waals surface area contributed by atoms with Crippen molar-refractivity contribution in [3.05, 3.63) is 95.4 Å². The van der Waals surface area contributed by atoms with Gasteiger partial charge in [0.2, 0.25) is 0 Å². The molecule has 7 heteroatoms. The second kappa shape index (κ2) is 8.18. The van der Waals surface area contributed by atoms with E-state index in [1.54, 1.807) is 54.7 Å². The van der Waals surface area contributed by atoms with Crippen LogP contribution in [0.25, 0.3) is 22.0 Å². The minimum Gasteiger partial charge on any atom is -0.346 e. The Kier molecular flexibility index (Phi) is 5.42. The van der Waals surface area contributed by atoms with Crippen LogP contribution in [0, 0.1) is 6.92 Å². The van der Waals surface area contributed by atoms with Crippen molar-refractivity contribution in [2.45, 2.75) is 19.6 Å². The van der Waals surface area contributed by atoms with Crippen molar-refractivity contribution in [3.63, 3.8) is 0 Å². The molecule has 0 atom stereocenters. The minimum absolute atomic E-state index is 0.0293. The van der Waals surface area contributed by atoms with Crippen molar-refractivity contribution < 1.29 is 18.0 Å². The number of nitrogens with one attached hydrogen (secondary N) is 1. The molecule has 31 heavy (non-hydrogen) atoms. The van der Waals surface area contributed by atoms with E-state index in [1.807, 2.05) is 13.0 Å². The lowest BCUT2D eigenvalue weighted by atomic mass is 9.97. The summed E-state index contributed by atoms with van der Waals surface area (Å²) in [5.74, 6) is -0.497. The number of alkyl halides is 3. The Balaban J connectivity index is 1.63. The van der Waals surface area contributed by atoms with Gasteiger partial charge in [-0.3, -0.25) is 14.8 Å². The van der Waals surface area contributed by atoms with E-state index in [2.05, 4.69) is 15.3 Å². The first-order valence-electron chi connectivity index (χ1n) is 9.58. The molecule has 1 N–H and O–H groups in total. The third-order valence-corrected chi connectivity index (χ3v) is 4.96. The summed E-state index contributed by atoms with van der Waals surface area (Å²) in [6.45, 7) is 1.51. The standard InChI is InChI=1S/C24H18F3N3O/c1-15-4-6-16(7-5-15)19-10-12-29-21(22(19)24(25,26)27)14-30-23(31)18-9-8-17-3-2-11-28-20(17)13-18/h2-13H,14H2,1H3,(H,30,31). The fourth-order valence-electron chi connectivity index (χ4n) is 3.40. The Bertz CT molecular complexity index is 1250. The first-order valence-corrected chi connectivity index (χ1v) is 9.58. The van der Waals surface area contributed by atoms with Gasteiger partial charge in [-0.15, -0.1) is 0 Å². The monoisotopic (exact) mass is 421 g/mol. The van der Waals surface area contributed by atoms with Gasteiger partial charge < -0.3 is 5.32 Å². The first kappa shape index (κ1) is 20.5. The van der Waals surface area contributed by atoms with E-state index >= 15 is 0 Å². The van der Waals surface area contributed by atoms with Crippen molar-refractivity contribution in [2.75, 3.05) is 0 Å². The normalized spacial score (nSPS) is 11.5. The number of carbonyl (C=O) groups is 1. The van der Waals surface area contributed by atoms with Crippen LogP contribution in [0.3, 0.4) is 0 Å². The first-order chi connectivity index (χ1) is 14.8. The molecule has 0 radical (unpaired) electrons. The number of benzene rings is 2. The van der Waals surface area contributed by atoms with Gasteiger partial charge >= 0.3 is 6.18 Å². The van der Waals surface area contributed by atoms with Gasteiger partial charge in [0, 0.05) is 23.3 Å². The topological polar surface area (TPSA) is 54.9 Å². The van der Waals surface area contributed by atoms with Crippen LogP contribution < -0.4 is 5.32 Å². The van der Waals surface area contributed by atoms with E-state index in [4.69, 9.17) is 0 Å². The Hall–Kier alpha value is -3.74. The second-order valence-corrected chi connectivity index (χ2v) is 7.14. The summed E-state index contributed by atoms with van der Waals surface area (Å²) in [5, 5.41) is 3.42. The van der Waals surface area contributed by atoms with Crippen LogP contribution in [0.4, 0.5) is 13.2 Å². The molecule has 0 aliphatic carbocycles. The van der Waals surface area contributed by atoms with Gasteiger partial charge in [0.05, 0.1) is 23.3 Å². The van der Waals surface area contributed by atoms with E-state index in [0.29, 0.717) is 16.6 Å². The van der Waals surface area contributed by atoms with Crippen LogP contribution in [0.1, 0.15) is 27.2 Å². The number of halogens is 3. The highest BCUT2D eigenvalue weighted by molar-refractivity contribution is 5.97. The highest BCUT2D eigenvalue weighted by atomic mass is 19.4. The molecular formula is C24H18F3N3O. The average Bonchev–Trinajstić information content (AvgIpc) is 2.76. The van der Waals surface area contributed by atoms with E-state index < -0.39 is 17.6 Å². The van der Waals surface area contributed by atoms with Crippen molar-refractivity contribution in [1.82, 2.24) is 15.3 Å². The smallest absolute Gasteiger partial charge is 0.346 e. The summed E-state index contributed by atoms with van der Waals surface area (Å²) < 4.78 is 41.8. The number of fused-ring (bicyclic) bond motifs is 1. The molecule has 0 aliphatic heterocycles. The number of amides is 1. The van der Waals surface area contributed by atoms with Gasteiger partial charge in [-0.25, -0.2) is 0 Å². The number of pyridine rings is 2. The number of hydrogen-bond acceptors (Lipinski definition) is 3. The Morgan fingerprint density at radius 2 is 1.74 bits per heavy atom. The molecule has 0 fully saturated rings. The summed E-state index contributed by atoms with van der Waals surface area (Å²) in [6, 6.07) is 16.7. The molecule has 4 nitrogen and oxygen atoms in total. The molecular weight excluding hydrogens is 403 g/mol. The van der Waals surface area contributed by atoms with Gasteiger partial charge in [-0.2, -0.15) is 13.2 Å². The number of carbonyl (C=O) groups excluding carboxylic acids is 1. The summed E-state index contributed by atoms with van der Waals surface area (Å²) in [7, 11) is 0. The van der Waals surface area contributed by atoms with Gasteiger partial charge in [0.25, 0.3) is 5.91 Å². The maximum Gasteiger partial charge on any atom is 0.418 e. The molecule has 156 valence electrons. The predicted octanol–water partition coefficient (Wildman–Crippen LogP) is 5.55. The second-order valence-electron chi connectivity index (χ2n) is 7.14. The zero-order valence-corrected chi connectivity index (χ0v) is 16.6.